The fourth-order valence-corrected chi connectivity index (χ4v) is 3.72. The van der Waals surface area contributed by atoms with E-state index in [9.17, 15) is 9.59 Å². The van der Waals surface area contributed by atoms with Gasteiger partial charge >= 0.3 is 12.0 Å². The minimum atomic E-state index is -0.800. The number of hydrogen-bond donors (Lipinski definition) is 1. The normalized spacial score (nSPS) is 25.4. The van der Waals surface area contributed by atoms with Gasteiger partial charge in [-0.2, -0.15) is 11.8 Å². The maximum Gasteiger partial charge on any atom is 0.320 e. The van der Waals surface area contributed by atoms with Crippen molar-refractivity contribution in [1.82, 2.24) is 14.7 Å². The van der Waals surface area contributed by atoms with Crippen LogP contribution in [0.25, 0.3) is 0 Å². The van der Waals surface area contributed by atoms with Crippen LogP contribution in [-0.2, 0) is 4.79 Å². The van der Waals surface area contributed by atoms with Gasteiger partial charge in [0.1, 0.15) is 0 Å². The van der Waals surface area contributed by atoms with E-state index < -0.39 is 5.97 Å². The lowest BCUT2D eigenvalue weighted by atomic mass is 10.3. The summed E-state index contributed by atoms with van der Waals surface area (Å²) in [5.41, 5.74) is 0. The predicted octanol–water partition coefficient (Wildman–Crippen LogP) is 0.636. The van der Waals surface area contributed by atoms with E-state index in [2.05, 4.69) is 6.92 Å². The summed E-state index contributed by atoms with van der Waals surface area (Å²) in [4.78, 5) is 29.1. The number of carboxylic acids is 1. The number of urea groups is 1. The van der Waals surface area contributed by atoms with E-state index in [1.165, 1.54) is 0 Å². The number of carbonyl (C=O) groups is 2. The van der Waals surface area contributed by atoms with Crippen LogP contribution in [0.1, 0.15) is 13.3 Å². The highest BCUT2D eigenvalue weighted by molar-refractivity contribution is 7.99. The van der Waals surface area contributed by atoms with Crippen molar-refractivity contribution in [2.75, 3.05) is 50.8 Å². The zero-order valence-corrected chi connectivity index (χ0v) is 12.8. The molecule has 2 fully saturated rings. The van der Waals surface area contributed by atoms with E-state index in [0.717, 1.165) is 37.6 Å². The largest absolute Gasteiger partial charge is 0.480 e. The summed E-state index contributed by atoms with van der Waals surface area (Å²) in [7, 11) is 0. The molecule has 0 aromatic carbocycles. The number of carbonyl (C=O) groups excluding carboxylic acids is 1. The van der Waals surface area contributed by atoms with E-state index in [1.807, 2.05) is 26.5 Å². The van der Waals surface area contributed by atoms with Crippen molar-refractivity contribution in [2.45, 2.75) is 19.4 Å². The zero-order chi connectivity index (χ0) is 14.5. The summed E-state index contributed by atoms with van der Waals surface area (Å²) < 4.78 is 0. The molecule has 6 nitrogen and oxygen atoms in total. The van der Waals surface area contributed by atoms with Gasteiger partial charge in [0.25, 0.3) is 0 Å². The van der Waals surface area contributed by atoms with Crippen molar-refractivity contribution in [3.05, 3.63) is 0 Å². The van der Waals surface area contributed by atoms with E-state index in [4.69, 9.17) is 5.11 Å². The van der Waals surface area contributed by atoms with Gasteiger partial charge in [0.15, 0.2) is 0 Å². The van der Waals surface area contributed by atoms with Crippen molar-refractivity contribution in [3.63, 3.8) is 0 Å². The summed E-state index contributed by atoms with van der Waals surface area (Å²) in [6, 6.07) is 0.412. The van der Waals surface area contributed by atoms with Crippen molar-refractivity contribution in [3.8, 4) is 0 Å². The zero-order valence-electron chi connectivity index (χ0n) is 12.0. The molecule has 0 aromatic rings. The summed E-state index contributed by atoms with van der Waals surface area (Å²) in [5.74, 6) is 1.21. The monoisotopic (exact) mass is 301 g/mol. The van der Waals surface area contributed by atoms with Crippen LogP contribution in [0.5, 0.6) is 0 Å². The second-order valence-corrected chi connectivity index (χ2v) is 6.56. The number of rotatable bonds is 2. The van der Waals surface area contributed by atoms with Crippen LogP contribution in [0, 0.1) is 0 Å². The van der Waals surface area contributed by atoms with Crippen LogP contribution in [0.2, 0.25) is 0 Å². The Morgan fingerprint density at radius 2 is 2.00 bits per heavy atom. The fourth-order valence-electron chi connectivity index (χ4n) is 2.70. The van der Waals surface area contributed by atoms with Crippen LogP contribution < -0.4 is 0 Å². The molecule has 20 heavy (non-hydrogen) atoms. The van der Waals surface area contributed by atoms with Gasteiger partial charge in [0, 0.05) is 50.3 Å². The molecule has 7 heteroatoms. The minimum absolute atomic E-state index is 0.0682. The van der Waals surface area contributed by atoms with Crippen LogP contribution in [-0.4, -0.2) is 88.6 Å². The Kier molecular flexibility index (Phi) is 5.54. The molecule has 0 aromatic heterocycles. The van der Waals surface area contributed by atoms with E-state index in [-0.39, 0.29) is 12.6 Å². The minimum Gasteiger partial charge on any atom is -0.480 e. The average molecular weight is 301 g/mol. The molecule has 0 bridgehead atoms. The van der Waals surface area contributed by atoms with Crippen molar-refractivity contribution in [1.29, 1.82) is 0 Å². The molecule has 2 saturated heterocycles. The molecule has 1 unspecified atom stereocenters. The maximum absolute atomic E-state index is 12.6. The lowest BCUT2D eigenvalue weighted by molar-refractivity contribution is -0.138. The third kappa shape index (κ3) is 4.02. The number of hydrogen-bond acceptors (Lipinski definition) is 4. The topological polar surface area (TPSA) is 64.1 Å². The Morgan fingerprint density at radius 3 is 2.70 bits per heavy atom. The highest BCUT2D eigenvalue weighted by atomic mass is 32.2. The van der Waals surface area contributed by atoms with Crippen LogP contribution in [0.4, 0.5) is 4.79 Å². The van der Waals surface area contributed by atoms with Gasteiger partial charge in [0.05, 0.1) is 6.54 Å². The van der Waals surface area contributed by atoms with Crippen LogP contribution in [0.15, 0.2) is 0 Å². The van der Waals surface area contributed by atoms with Gasteiger partial charge in [-0.1, -0.05) is 0 Å². The Hall–Kier alpha value is -0.950. The van der Waals surface area contributed by atoms with Gasteiger partial charge in [0.2, 0.25) is 0 Å². The van der Waals surface area contributed by atoms with Gasteiger partial charge in [-0.25, -0.2) is 4.79 Å². The molecule has 2 heterocycles. The van der Waals surface area contributed by atoms with Crippen LogP contribution in [0.3, 0.4) is 0 Å². The van der Waals surface area contributed by atoms with Crippen molar-refractivity contribution >= 4 is 23.8 Å². The first-order valence-electron chi connectivity index (χ1n) is 7.15. The molecule has 0 radical (unpaired) electrons. The number of aliphatic carboxylic acids is 1. The first kappa shape index (κ1) is 15.4. The van der Waals surface area contributed by atoms with Gasteiger partial charge in [-0.15, -0.1) is 0 Å². The molecule has 0 saturated carbocycles. The molecule has 1 N–H and O–H groups in total. The van der Waals surface area contributed by atoms with Crippen LogP contribution >= 0.6 is 11.8 Å². The van der Waals surface area contributed by atoms with Gasteiger partial charge in [-0.05, 0) is 13.3 Å². The first-order chi connectivity index (χ1) is 9.58. The summed E-state index contributed by atoms with van der Waals surface area (Å²) >= 11 is 1.90. The maximum atomic E-state index is 12.6. The molecule has 2 aliphatic rings. The molecule has 0 aliphatic carbocycles. The summed E-state index contributed by atoms with van der Waals surface area (Å²) in [6.07, 6.45) is 0.843. The lowest BCUT2D eigenvalue weighted by Gasteiger charge is -2.36. The molecule has 2 rings (SSSR count). The molecule has 114 valence electrons. The van der Waals surface area contributed by atoms with Gasteiger partial charge in [-0.3, -0.25) is 9.69 Å². The van der Waals surface area contributed by atoms with E-state index in [0.29, 0.717) is 19.1 Å². The molecular weight excluding hydrogens is 278 g/mol. The van der Waals surface area contributed by atoms with E-state index >= 15 is 0 Å². The number of amides is 2. The molecule has 0 spiro atoms. The van der Waals surface area contributed by atoms with E-state index in [1.54, 1.807) is 0 Å². The number of carboxylic acid groups (broad SMARTS) is 1. The first-order valence-corrected chi connectivity index (χ1v) is 8.31. The summed E-state index contributed by atoms with van der Waals surface area (Å²) in [5, 5.41) is 8.84. The predicted molar refractivity (Wildman–Crippen MR) is 79.2 cm³/mol. The van der Waals surface area contributed by atoms with Gasteiger partial charge < -0.3 is 14.9 Å². The average Bonchev–Trinajstić information content (AvgIpc) is 2.63. The highest BCUT2D eigenvalue weighted by Gasteiger charge is 2.28. The van der Waals surface area contributed by atoms with Crippen molar-refractivity contribution < 1.29 is 14.7 Å². The third-order valence-corrected chi connectivity index (χ3v) is 5.02. The highest BCUT2D eigenvalue weighted by Crippen LogP contribution is 2.18. The molecule has 2 aliphatic heterocycles. The smallest absolute Gasteiger partial charge is 0.320 e. The fraction of sp³-hybridized carbons (Fsp3) is 0.846. The number of thioether (sulfide) groups is 1. The van der Waals surface area contributed by atoms with Crippen molar-refractivity contribution in [2.24, 2.45) is 0 Å². The Morgan fingerprint density at radius 1 is 1.20 bits per heavy atom. The third-order valence-electron chi connectivity index (χ3n) is 3.83. The Balaban J connectivity index is 1.89. The quantitative estimate of drug-likeness (QED) is 0.811. The second kappa shape index (κ2) is 7.17. The number of nitrogens with zero attached hydrogens (tertiary/aromatic N) is 3. The Labute approximate surface area is 124 Å². The standard InChI is InChI=1S/C13H23N3O3S/c1-11-10-20-8-7-16(11)13(19)15-4-2-3-14(5-6-15)9-12(17)18/h11H,2-10H2,1H3,(H,17,18). The SMILES string of the molecule is CC1CSCCN1C(=O)N1CCCN(CC(=O)O)CC1. The second-order valence-electron chi connectivity index (χ2n) is 5.41. The lowest BCUT2D eigenvalue weighted by Crippen LogP contribution is -2.51. The molecule has 1 atom stereocenters. The molecular formula is C13H23N3O3S. The summed E-state index contributed by atoms with van der Waals surface area (Å²) in [6.45, 7) is 5.74. The molecule has 2 amide bonds. The Bertz CT molecular complexity index is 367.